The van der Waals surface area contributed by atoms with E-state index in [1.165, 1.54) is 14.1 Å². The third-order valence-corrected chi connectivity index (χ3v) is 4.23. The van der Waals surface area contributed by atoms with Gasteiger partial charge in [0.05, 0.1) is 0 Å². The zero-order valence-corrected chi connectivity index (χ0v) is 15.6. The maximum atomic E-state index is 12.7. The molecule has 1 atom stereocenters. The summed E-state index contributed by atoms with van der Waals surface area (Å²) in [5.41, 5.74) is 4.70. The minimum Gasteiger partial charge on any atom is -0.383 e. The van der Waals surface area contributed by atoms with Crippen LogP contribution in [0.4, 0.5) is 11.5 Å². The summed E-state index contributed by atoms with van der Waals surface area (Å²) in [4.78, 5) is 49.3. The molecular weight excluding hydrogens is 350 g/mol. The highest BCUT2D eigenvalue weighted by Crippen LogP contribution is 2.12. The van der Waals surface area contributed by atoms with E-state index in [1.807, 2.05) is 0 Å². The molecule has 1 aromatic heterocycles. The van der Waals surface area contributed by atoms with Crippen molar-refractivity contribution in [1.82, 2.24) is 14.5 Å². The summed E-state index contributed by atoms with van der Waals surface area (Å²) < 4.78 is 1.91. The van der Waals surface area contributed by atoms with E-state index in [9.17, 15) is 19.2 Å². The Morgan fingerprint density at radius 1 is 1.04 bits per heavy atom. The summed E-state index contributed by atoms with van der Waals surface area (Å²) in [6.45, 7) is 3.52. The van der Waals surface area contributed by atoms with Crippen molar-refractivity contribution < 1.29 is 9.59 Å². The fourth-order valence-electron chi connectivity index (χ4n) is 2.53. The first kappa shape index (κ1) is 20.0. The van der Waals surface area contributed by atoms with Crippen LogP contribution >= 0.6 is 0 Å². The quantitative estimate of drug-likeness (QED) is 0.683. The van der Waals surface area contributed by atoms with Gasteiger partial charge in [-0.05, 0) is 18.1 Å². The minimum absolute atomic E-state index is 0.159. The van der Waals surface area contributed by atoms with Gasteiger partial charge in [0.25, 0.3) is 11.5 Å². The summed E-state index contributed by atoms with van der Waals surface area (Å²) in [6, 6.07) is 7.57. The van der Waals surface area contributed by atoms with E-state index >= 15 is 0 Å². The Balaban J connectivity index is 2.30. The van der Waals surface area contributed by atoms with Crippen LogP contribution in [0.15, 0.2) is 39.9 Å². The van der Waals surface area contributed by atoms with Gasteiger partial charge in [0, 0.05) is 19.7 Å². The standard InChI is InChI=1S/C18H23N5O4/c1-10(2)12(20-15(24)11-8-6-5-7-9-11)16(25)21-13-14(19)22(3)18(27)23(4)17(13)26/h5-10,12H,19H2,1-4H3,(H,20,24)(H,21,25). The lowest BCUT2D eigenvalue weighted by Crippen LogP contribution is -2.48. The van der Waals surface area contributed by atoms with Crippen molar-refractivity contribution in [1.29, 1.82) is 0 Å². The Kier molecular flexibility index (Phi) is 5.84. The largest absolute Gasteiger partial charge is 0.383 e. The summed E-state index contributed by atoms with van der Waals surface area (Å²) in [5.74, 6) is -1.42. The molecule has 1 heterocycles. The van der Waals surface area contributed by atoms with Crippen molar-refractivity contribution >= 4 is 23.3 Å². The summed E-state index contributed by atoms with van der Waals surface area (Å²) in [5, 5.41) is 5.12. The van der Waals surface area contributed by atoms with Crippen molar-refractivity contribution in [2.75, 3.05) is 11.1 Å². The molecule has 0 saturated carbocycles. The number of nitrogens with zero attached hydrogens (tertiary/aromatic N) is 2. The molecule has 0 aliphatic carbocycles. The van der Waals surface area contributed by atoms with Gasteiger partial charge in [-0.3, -0.25) is 23.5 Å². The number of aromatic nitrogens is 2. The molecule has 1 unspecified atom stereocenters. The van der Waals surface area contributed by atoms with Gasteiger partial charge in [0.2, 0.25) is 5.91 Å². The molecule has 2 aromatic rings. The lowest BCUT2D eigenvalue weighted by atomic mass is 10.0. The van der Waals surface area contributed by atoms with Gasteiger partial charge in [-0.25, -0.2) is 4.79 Å². The van der Waals surface area contributed by atoms with Crippen molar-refractivity contribution in [3.63, 3.8) is 0 Å². The lowest BCUT2D eigenvalue weighted by molar-refractivity contribution is -0.118. The second-order valence-electron chi connectivity index (χ2n) is 6.52. The minimum atomic E-state index is -0.904. The summed E-state index contributed by atoms with van der Waals surface area (Å²) in [6.07, 6.45) is 0. The van der Waals surface area contributed by atoms with Crippen LogP contribution in [-0.4, -0.2) is 27.0 Å². The predicted octanol–water partition coefficient (Wildman–Crippen LogP) is 0.0593. The van der Waals surface area contributed by atoms with Gasteiger partial charge in [-0.15, -0.1) is 0 Å². The maximum Gasteiger partial charge on any atom is 0.332 e. The van der Waals surface area contributed by atoms with Crippen LogP contribution in [0.1, 0.15) is 24.2 Å². The van der Waals surface area contributed by atoms with Gasteiger partial charge >= 0.3 is 5.69 Å². The Labute approximate surface area is 155 Å². The lowest BCUT2D eigenvalue weighted by Gasteiger charge is -2.22. The van der Waals surface area contributed by atoms with E-state index in [0.29, 0.717) is 5.56 Å². The van der Waals surface area contributed by atoms with Gasteiger partial charge in [-0.1, -0.05) is 32.0 Å². The van der Waals surface area contributed by atoms with Crippen molar-refractivity contribution in [3.8, 4) is 0 Å². The molecule has 0 radical (unpaired) electrons. The number of nitrogens with two attached hydrogens (primary N) is 1. The Morgan fingerprint density at radius 3 is 2.19 bits per heavy atom. The molecule has 2 amide bonds. The van der Waals surface area contributed by atoms with Gasteiger partial charge in [0.15, 0.2) is 0 Å². The highest BCUT2D eigenvalue weighted by Gasteiger charge is 2.27. The molecule has 0 saturated heterocycles. The third-order valence-electron chi connectivity index (χ3n) is 4.23. The monoisotopic (exact) mass is 373 g/mol. The van der Waals surface area contributed by atoms with Gasteiger partial charge < -0.3 is 16.4 Å². The molecule has 9 nitrogen and oxygen atoms in total. The average molecular weight is 373 g/mol. The fourth-order valence-corrected chi connectivity index (χ4v) is 2.53. The first-order chi connectivity index (χ1) is 12.6. The first-order valence-corrected chi connectivity index (χ1v) is 8.37. The molecule has 2 rings (SSSR count). The molecule has 9 heteroatoms. The predicted molar refractivity (Wildman–Crippen MR) is 103 cm³/mol. The fraction of sp³-hybridized carbons (Fsp3) is 0.333. The first-order valence-electron chi connectivity index (χ1n) is 8.37. The molecule has 144 valence electrons. The van der Waals surface area contributed by atoms with E-state index in [0.717, 1.165) is 9.13 Å². The van der Waals surface area contributed by atoms with Crippen LogP contribution in [0.2, 0.25) is 0 Å². The third kappa shape index (κ3) is 4.08. The molecule has 27 heavy (non-hydrogen) atoms. The van der Waals surface area contributed by atoms with Crippen LogP contribution in [0, 0.1) is 5.92 Å². The molecule has 0 aliphatic rings. The number of carbonyl (C=O) groups is 2. The number of amides is 2. The van der Waals surface area contributed by atoms with E-state index in [1.54, 1.807) is 44.2 Å². The zero-order valence-electron chi connectivity index (χ0n) is 15.6. The second kappa shape index (κ2) is 7.90. The number of benzene rings is 1. The molecule has 0 spiro atoms. The van der Waals surface area contributed by atoms with Crippen molar-refractivity contribution in [2.45, 2.75) is 19.9 Å². The molecule has 0 fully saturated rings. The number of hydrogen-bond acceptors (Lipinski definition) is 5. The Hall–Kier alpha value is -3.36. The van der Waals surface area contributed by atoms with Crippen LogP contribution in [-0.2, 0) is 18.9 Å². The Morgan fingerprint density at radius 2 is 1.63 bits per heavy atom. The summed E-state index contributed by atoms with van der Waals surface area (Å²) in [7, 11) is 2.68. The Bertz CT molecular complexity index is 976. The topological polar surface area (TPSA) is 128 Å². The number of rotatable bonds is 5. The number of hydrogen-bond donors (Lipinski definition) is 3. The zero-order chi connectivity index (χ0) is 20.3. The second-order valence-corrected chi connectivity index (χ2v) is 6.52. The number of nitrogen functional groups attached to an aromatic ring is 1. The number of carbonyl (C=O) groups excluding carboxylic acids is 2. The number of nitrogens with one attached hydrogen (secondary N) is 2. The van der Waals surface area contributed by atoms with Crippen LogP contribution in [0.25, 0.3) is 0 Å². The number of anilines is 2. The highest BCUT2D eigenvalue weighted by molar-refractivity contribution is 6.02. The molecule has 0 aliphatic heterocycles. The SMILES string of the molecule is CC(C)C(NC(=O)c1ccccc1)C(=O)Nc1c(N)n(C)c(=O)n(C)c1=O. The smallest absolute Gasteiger partial charge is 0.332 e. The van der Waals surface area contributed by atoms with Gasteiger partial charge in [-0.2, -0.15) is 0 Å². The normalized spacial score (nSPS) is 11.9. The van der Waals surface area contributed by atoms with E-state index < -0.39 is 29.1 Å². The van der Waals surface area contributed by atoms with Crippen molar-refractivity contribution in [3.05, 3.63) is 56.7 Å². The maximum absolute atomic E-state index is 12.7. The van der Waals surface area contributed by atoms with E-state index in [-0.39, 0.29) is 17.4 Å². The van der Waals surface area contributed by atoms with E-state index in [2.05, 4.69) is 10.6 Å². The summed E-state index contributed by atoms with van der Waals surface area (Å²) >= 11 is 0. The highest BCUT2D eigenvalue weighted by atomic mass is 16.2. The average Bonchev–Trinajstić information content (AvgIpc) is 2.66. The van der Waals surface area contributed by atoms with Crippen LogP contribution < -0.4 is 27.6 Å². The molecule has 1 aromatic carbocycles. The van der Waals surface area contributed by atoms with Crippen LogP contribution in [0.5, 0.6) is 0 Å². The van der Waals surface area contributed by atoms with Gasteiger partial charge in [0.1, 0.15) is 17.5 Å². The molecule has 0 bridgehead atoms. The van der Waals surface area contributed by atoms with Crippen molar-refractivity contribution in [2.24, 2.45) is 20.0 Å². The molecular formula is C18H23N5O4. The van der Waals surface area contributed by atoms with Crippen LogP contribution in [0.3, 0.4) is 0 Å². The van der Waals surface area contributed by atoms with E-state index in [4.69, 9.17) is 5.73 Å². The molecule has 4 N–H and O–H groups in total.